The van der Waals surface area contributed by atoms with Crippen LogP contribution in [0, 0.1) is 11.3 Å². The molecule has 0 amide bonds. The number of rotatable bonds is 2. The number of hydrogen-bond donors (Lipinski definition) is 1. The summed E-state index contributed by atoms with van der Waals surface area (Å²) in [5.41, 5.74) is 2.35. The number of benzene rings is 1. The average molecular weight is 350 g/mol. The lowest BCUT2D eigenvalue weighted by molar-refractivity contribution is 0.106. The number of thiocarbonyl (C=S) groups is 1. The first-order chi connectivity index (χ1) is 11.9. The van der Waals surface area contributed by atoms with Gasteiger partial charge in [0.1, 0.15) is 11.8 Å². The number of aromatic amines is 1. The molecular formula is C18H14N4O2S. The van der Waals surface area contributed by atoms with Crippen molar-refractivity contribution in [2.75, 3.05) is 19.0 Å². The molecule has 1 aliphatic rings. The van der Waals surface area contributed by atoms with Crippen molar-refractivity contribution in [3.8, 4) is 6.07 Å². The third-order valence-corrected chi connectivity index (χ3v) is 4.23. The number of pyridine rings is 1. The second-order valence-corrected chi connectivity index (χ2v) is 6.28. The minimum absolute atomic E-state index is 0.131. The molecule has 0 saturated heterocycles. The molecule has 6 nitrogen and oxygen atoms in total. The van der Waals surface area contributed by atoms with Crippen molar-refractivity contribution in [1.29, 1.82) is 5.26 Å². The number of nitrogens with zero attached hydrogens (tertiary/aromatic N) is 3. The Labute approximate surface area is 149 Å². The first-order valence-electron chi connectivity index (χ1n) is 7.51. The van der Waals surface area contributed by atoms with Crippen molar-refractivity contribution >= 4 is 40.0 Å². The Bertz CT molecular complexity index is 1030. The van der Waals surface area contributed by atoms with Crippen LogP contribution in [0.5, 0.6) is 0 Å². The lowest BCUT2D eigenvalue weighted by atomic mass is 9.92. The van der Waals surface area contributed by atoms with Gasteiger partial charge in [-0.05, 0) is 18.2 Å². The van der Waals surface area contributed by atoms with Gasteiger partial charge in [-0.1, -0.05) is 12.2 Å². The van der Waals surface area contributed by atoms with Gasteiger partial charge in [-0.2, -0.15) is 5.26 Å². The van der Waals surface area contributed by atoms with Crippen LogP contribution in [0.3, 0.4) is 0 Å². The number of fused-ring (bicyclic) bond motifs is 1. The molecule has 7 heteroatoms. The Morgan fingerprint density at radius 1 is 1.28 bits per heavy atom. The Balaban J connectivity index is 2.16. The summed E-state index contributed by atoms with van der Waals surface area (Å²) in [6.45, 7) is 0. The molecule has 124 valence electrons. The largest absolute Gasteiger partial charge is 0.377 e. The minimum Gasteiger partial charge on any atom is -0.377 e. The van der Waals surface area contributed by atoms with E-state index >= 15 is 0 Å². The summed E-state index contributed by atoms with van der Waals surface area (Å²) >= 11 is 5.13. The van der Waals surface area contributed by atoms with Crippen LogP contribution in [-0.2, 0) is 0 Å². The molecule has 2 aromatic rings. The van der Waals surface area contributed by atoms with Crippen LogP contribution in [0.25, 0.3) is 0 Å². The number of hydrogen-bond acceptors (Lipinski definition) is 6. The highest BCUT2D eigenvalue weighted by atomic mass is 32.1. The summed E-state index contributed by atoms with van der Waals surface area (Å²) in [6, 6.07) is 8.70. The van der Waals surface area contributed by atoms with Gasteiger partial charge in [-0.15, -0.1) is 0 Å². The topological polar surface area (TPSA) is 89.3 Å². The van der Waals surface area contributed by atoms with Crippen LogP contribution >= 0.6 is 12.2 Å². The standard InChI is InChI=1S/C18H14N4O2S/c1-22(2)13-4-3-11(7-10(13)9-19)21-12-8-15(25)18(24)17-16(12)14(23)5-6-20-17/h3-7H,8H2,1-2H3,(H,20,23). The maximum atomic E-state index is 12.2. The maximum Gasteiger partial charge on any atom is 0.217 e. The molecular weight excluding hydrogens is 336 g/mol. The lowest BCUT2D eigenvalue weighted by Gasteiger charge is -2.17. The number of carbonyl (C=O) groups is 1. The predicted molar refractivity (Wildman–Crippen MR) is 100 cm³/mol. The van der Waals surface area contributed by atoms with Gasteiger partial charge in [0.25, 0.3) is 0 Å². The highest BCUT2D eigenvalue weighted by Gasteiger charge is 2.29. The zero-order valence-corrected chi connectivity index (χ0v) is 14.5. The van der Waals surface area contributed by atoms with Crippen molar-refractivity contribution in [2.45, 2.75) is 6.42 Å². The van der Waals surface area contributed by atoms with Gasteiger partial charge in [0, 0.05) is 32.8 Å². The van der Waals surface area contributed by atoms with Gasteiger partial charge in [0.2, 0.25) is 5.78 Å². The highest BCUT2D eigenvalue weighted by molar-refractivity contribution is 7.82. The van der Waals surface area contributed by atoms with Crippen molar-refractivity contribution in [3.05, 3.63) is 57.5 Å². The molecule has 1 aromatic heterocycles. The van der Waals surface area contributed by atoms with E-state index in [4.69, 9.17) is 12.2 Å². The van der Waals surface area contributed by atoms with Crippen LogP contribution < -0.4 is 10.3 Å². The molecule has 1 aromatic carbocycles. The van der Waals surface area contributed by atoms with Crippen LogP contribution in [0.15, 0.2) is 40.2 Å². The molecule has 0 fully saturated rings. The summed E-state index contributed by atoms with van der Waals surface area (Å²) in [4.78, 5) is 33.7. The molecule has 0 saturated carbocycles. The fourth-order valence-electron chi connectivity index (χ4n) is 2.73. The lowest BCUT2D eigenvalue weighted by Crippen LogP contribution is -2.32. The smallest absolute Gasteiger partial charge is 0.217 e. The first kappa shape index (κ1) is 16.7. The summed E-state index contributed by atoms with van der Waals surface area (Å²) < 4.78 is 0. The number of nitriles is 1. The van der Waals surface area contributed by atoms with E-state index in [2.05, 4.69) is 16.0 Å². The SMILES string of the molecule is CN(C)c1ccc(N=C2CC(=S)C(=O)c3[nH]ccc(=O)c32)cc1C#N. The molecule has 0 atom stereocenters. The zero-order valence-electron chi connectivity index (χ0n) is 13.7. The Morgan fingerprint density at radius 2 is 2.04 bits per heavy atom. The van der Waals surface area contributed by atoms with E-state index in [-0.39, 0.29) is 33.8 Å². The first-order valence-corrected chi connectivity index (χ1v) is 7.92. The third kappa shape index (κ3) is 2.99. The maximum absolute atomic E-state index is 12.2. The van der Waals surface area contributed by atoms with E-state index in [0.29, 0.717) is 17.0 Å². The van der Waals surface area contributed by atoms with Crippen molar-refractivity contribution in [1.82, 2.24) is 4.98 Å². The van der Waals surface area contributed by atoms with Crippen LogP contribution in [-0.4, -0.2) is 35.4 Å². The van der Waals surface area contributed by atoms with E-state index in [1.807, 2.05) is 19.0 Å². The van der Waals surface area contributed by atoms with E-state index in [0.717, 1.165) is 5.69 Å². The number of ketones is 1. The second kappa shape index (κ2) is 6.42. The highest BCUT2D eigenvalue weighted by Crippen LogP contribution is 2.26. The Hall–Kier alpha value is -3.11. The Kier molecular flexibility index (Phi) is 4.30. The van der Waals surface area contributed by atoms with Gasteiger partial charge in [0.05, 0.1) is 33.1 Å². The molecule has 0 unspecified atom stereocenters. The summed E-state index contributed by atoms with van der Waals surface area (Å²) in [5, 5.41) is 9.33. The number of Topliss-reactive ketones (excluding diaryl/α,β-unsaturated/α-hetero) is 1. The van der Waals surface area contributed by atoms with Crippen LogP contribution in [0.1, 0.15) is 28.0 Å². The number of carbonyl (C=O) groups excluding carboxylic acids is 1. The normalized spacial score (nSPS) is 15.0. The number of aromatic nitrogens is 1. The minimum atomic E-state index is -0.345. The molecule has 0 bridgehead atoms. The van der Waals surface area contributed by atoms with Gasteiger partial charge < -0.3 is 9.88 Å². The summed E-state index contributed by atoms with van der Waals surface area (Å²) in [6.07, 6.45) is 1.55. The molecule has 0 spiro atoms. The van der Waals surface area contributed by atoms with Crippen molar-refractivity contribution in [2.24, 2.45) is 4.99 Å². The zero-order chi connectivity index (χ0) is 18.1. The van der Waals surface area contributed by atoms with Crippen LogP contribution in [0.2, 0.25) is 0 Å². The predicted octanol–water partition coefficient (Wildman–Crippen LogP) is 2.39. The Morgan fingerprint density at radius 3 is 2.72 bits per heavy atom. The monoisotopic (exact) mass is 350 g/mol. The number of anilines is 1. The van der Waals surface area contributed by atoms with Gasteiger partial charge >= 0.3 is 0 Å². The fraction of sp³-hybridized carbons (Fsp3) is 0.167. The fourth-order valence-corrected chi connectivity index (χ4v) is 2.97. The van der Waals surface area contributed by atoms with Crippen molar-refractivity contribution < 1.29 is 4.79 Å². The molecule has 3 rings (SSSR count). The molecule has 0 aliphatic heterocycles. The number of H-pyrrole nitrogens is 1. The molecule has 1 heterocycles. The van der Waals surface area contributed by atoms with E-state index in [1.54, 1.807) is 18.2 Å². The van der Waals surface area contributed by atoms with Gasteiger partial charge in [-0.25, -0.2) is 0 Å². The second-order valence-electron chi connectivity index (χ2n) is 5.79. The third-order valence-electron chi connectivity index (χ3n) is 3.90. The van der Waals surface area contributed by atoms with E-state index in [1.165, 1.54) is 12.3 Å². The van der Waals surface area contributed by atoms with Gasteiger partial charge in [-0.3, -0.25) is 14.6 Å². The summed E-state index contributed by atoms with van der Waals surface area (Å²) in [7, 11) is 3.70. The quantitative estimate of drug-likeness (QED) is 0.840. The molecule has 1 N–H and O–H groups in total. The van der Waals surface area contributed by atoms with Crippen molar-refractivity contribution in [3.63, 3.8) is 0 Å². The number of nitrogens with one attached hydrogen (secondary N) is 1. The molecule has 25 heavy (non-hydrogen) atoms. The summed E-state index contributed by atoms with van der Waals surface area (Å²) in [5.74, 6) is -0.345. The average Bonchev–Trinajstić information content (AvgIpc) is 2.59. The number of aliphatic imine (C=N–C) groups is 1. The van der Waals surface area contributed by atoms with Gasteiger partial charge in [0.15, 0.2) is 5.43 Å². The van der Waals surface area contributed by atoms with Crippen LogP contribution in [0.4, 0.5) is 11.4 Å². The van der Waals surface area contributed by atoms with E-state index < -0.39 is 0 Å². The molecule has 1 aliphatic carbocycles. The molecule has 0 radical (unpaired) electrons. The van der Waals surface area contributed by atoms with E-state index in [9.17, 15) is 14.9 Å².